The van der Waals surface area contributed by atoms with Crippen molar-refractivity contribution < 1.29 is 4.92 Å². The second-order valence-electron chi connectivity index (χ2n) is 5.04. The fourth-order valence-corrected chi connectivity index (χ4v) is 2.81. The van der Waals surface area contributed by atoms with Gasteiger partial charge in [-0.1, -0.05) is 28.1 Å². The molecule has 0 aliphatic heterocycles. The molecule has 0 fully saturated rings. The molecule has 0 aliphatic carbocycles. The van der Waals surface area contributed by atoms with E-state index in [2.05, 4.69) is 34.1 Å². The van der Waals surface area contributed by atoms with Crippen molar-refractivity contribution in [3.63, 3.8) is 0 Å². The second-order valence-corrected chi connectivity index (χ2v) is 5.95. The van der Waals surface area contributed by atoms with Crippen molar-refractivity contribution in [3.8, 4) is 0 Å². The number of fused-ring (bicyclic) bond motifs is 1. The Kier molecular flexibility index (Phi) is 3.51. The van der Waals surface area contributed by atoms with E-state index in [1.54, 1.807) is 12.1 Å². The highest BCUT2D eigenvalue weighted by atomic mass is 79.9. The Balaban J connectivity index is 2.06. The van der Waals surface area contributed by atoms with E-state index in [4.69, 9.17) is 0 Å². The zero-order valence-corrected chi connectivity index (χ0v) is 13.0. The molecule has 21 heavy (non-hydrogen) atoms. The van der Waals surface area contributed by atoms with Gasteiger partial charge in [-0.2, -0.15) is 0 Å². The third-order valence-electron chi connectivity index (χ3n) is 3.51. The van der Waals surface area contributed by atoms with E-state index in [9.17, 15) is 10.1 Å². The van der Waals surface area contributed by atoms with Gasteiger partial charge in [0.15, 0.2) is 0 Å². The highest BCUT2D eigenvalue weighted by molar-refractivity contribution is 9.10. The molecule has 1 heterocycles. The molecule has 0 amide bonds. The standard InChI is InChI=1S/C16H13BrN2O2/c1-11-2-3-12-6-7-18(15(12)8-11)10-13-4-5-14(17)9-16(13)19(20)21/h2-9H,10H2,1H3. The Bertz CT molecular complexity index is 839. The molecule has 4 nitrogen and oxygen atoms in total. The first-order chi connectivity index (χ1) is 10.0. The van der Waals surface area contributed by atoms with Gasteiger partial charge in [-0.3, -0.25) is 10.1 Å². The molecule has 0 spiro atoms. The molecule has 0 saturated heterocycles. The molecule has 106 valence electrons. The molecule has 0 radical (unpaired) electrons. The first kappa shape index (κ1) is 13.8. The van der Waals surface area contributed by atoms with Gasteiger partial charge in [-0.25, -0.2) is 0 Å². The third-order valence-corrected chi connectivity index (χ3v) is 4.01. The first-order valence-corrected chi connectivity index (χ1v) is 7.32. The van der Waals surface area contributed by atoms with E-state index >= 15 is 0 Å². The van der Waals surface area contributed by atoms with Gasteiger partial charge in [0.2, 0.25) is 0 Å². The Morgan fingerprint density at radius 2 is 2.00 bits per heavy atom. The largest absolute Gasteiger partial charge is 0.343 e. The summed E-state index contributed by atoms with van der Waals surface area (Å²) in [5, 5.41) is 12.3. The number of aromatic nitrogens is 1. The van der Waals surface area contributed by atoms with E-state index in [1.807, 2.05) is 29.8 Å². The minimum absolute atomic E-state index is 0.138. The van der Waals surface area contributed by atoms with Crippen LogP contribution >= 0.6 is 15.9 Å². The minimum atomic E-state index is -0.336. The lowest BCUT2D eigenvalue weighted by Crippen LogP contribution is -2.02. The SMILES string of the molecule is Cc1ccc2ccn(Cc3ccc(Br)cc3[N+](=O)[O-])c2c1. The zero-order valence-electron chi connectivity index (χ0n) is 11.4. The number of benzene rings is 2. The normalized spacial score (nSPS) is 11.0. The molecule has 2 aromatic carbocycles. The molecule has 3 rings (SSSR count). The van der Waals surface area contributed by atoms with Crippen molar-refractivity contribution in [1.29, 1.82) is 0 Å². The summed E-state index contributed by atoms with van der Waals surface area (Å²) in [6, 6.07) is 13.4. The van der Waals surface area contributed by atoms with Gasteiger partial charge in [0.25, 0.3) is 5.69 Å². The van der Waals surface area contributed by atoms with Crippen LogP contribution in [0.15, 0.2) is 53.1 Å². The lowest BCUT2D eigenvalue weighted by Gasteiger charge is -2.07. The lowest BCUT2D eigenvalue weighted by atomic mass is 10.1. The van der Waals surface area contributed by atoms with Gasteiger partial charge in [-0.15, -0.1) is 0 Å². The monoisotopic (exact) mass is 344 g/mol. The molecule has 0 unspecified atom stereocenters. The van der Waals surface area contributed by atoms with Crippen LogP contribution in [-0.4, -0.2) is 9.49 Å². The third kappa shape index (κ3) is 2.69. The molecule has 0 N–H and O–H groups in total. The summed E-state index contributed by atoms with van der Waals surface area (Å²) in [6.45, 7) is 2.52. The molecule has 3 aromatic rings. The summed E-state index contributed by atoms with van der Waals surface area (Å²) in [5.74, 6) is 0. The smallest absolute Gasteiger partial charge is 0.275 e. The summed E-state index contributed by atoms with van der Waals surface area (Å²) in [5.41, 5.74) is 3.10. The molecule has 0 aliphatic rings. The van der Waals surface area contributed by atoms with Crippen LogP contribution in [0.3, 0.4) is 0 Å². The quantitative estimate of drug-likeness (QED) is 0.512. The van der Waals surface area contributed by atoms with E-state index < -0.39 is 0 Å². The van der Waals surface area contributed by atoms with Gasteiger partial charge in [0, 0.05) is 27.8 Å². The van der Waals surface area contributed by atoms with E-state index in [1.165, 1.54) is 5.56 Å². The van der Waals surface area contributed by atoms with Crippen LogP contribution in [0.25, 0.3) is 10.9 Å². The lowest BCUT2D eigenvalue weighted by molar-refractivity contribution is -0.385. The molecular formula is C16H13BrN2O2. The fourth-order valence-electron chi connectivity index (χ4n) is 2.46. The summed E-state index contributed by atoms with van der Waals surface area (Å²) < 4.78 is 2.75. The number of rotatable bonds is 3. The molecule has 0 saturated carbocycles. The molecule has 0 atom stereocenters. The van der Waals surface area contributed by atoms with Gasteiger partial charge in [0.1, 0.15) is 0 Å². The van der Waals surface area contributed by atoms with Crippen molar-refractivity contribution >= 4 is 32.5 Å². The van der Waals surface area contributed by atoms with Crippen molar-refractivity contribution in [2.24, 2.45) is 0 Å². The topological polar surface area (TPSA) is 48.1 Å². The summed E-state index contributed by atoms with van der Waals surface area (Å²) in [4.78, 5) is 10.9. The van der Waals surface area contributed by atoms with Crippen LogP contribution < -0.4 is 0 Å². The first-order valence-electron chi connectivity index (χ1n) is 6.53. The molecular weight excluding hydrogens is 332 g/mol. The van der Waals surface area contributed by atoms with Gasteiger partial charge in [-0.05, 0) is 42.1 Å². The van der Waals surface area contributed by atoms with Gasteiger partial charge in [0.05, 0.1) is 11.5 Å². The fraction of sp³-hybridized carbons (Fsp3) is 0.125. The van der Waals surface area contributed by atoms with Crippen LogP contribution in [-0.2, 0) is 6.54 Å². The molecule has 0 bridgehead atoms. The maximum atomic E-state index is 11.2. The summed E-state index contributed by atoms with van der Waals surface area (Å²) >= 11 is 3.28. The van der Waals surface area contributed by atoms with Gasteiger partial charge < -0.3 is 4.57 Å². The zero-order chi connectivity index (χ0) is 15.0. The molecule has 1 aromatic heterocycles. The van der Waals surface area contributed by atoms with E-state index in [-0.39, 0.29) is 10.6 Å². The highest BCUT2D eigenvalue weighted by Gasteiger charge is 2.15. The predicted molar refractivity (Wildman–Crippen MR) is 86.6 cm³/mol. The van der Waals surface area contributed by atoms with Crippen molar-refractivity contribution in [3.05, 3.63) is 74.4 Å². The Labute approximate surface area is 130 Å². The van der Waals surface area contributed by atoms with Gasteiger partial charge >= 0.3 is 0 Å². The van der Waals surface area contributed by atoms with Crippen molar-refractivity contribution in [2.75, 3.05) is 0 Å². The average Bonchev–Trinajstić information content (AvgIpc) is 2.83. The maximum Gasteiger partial charge on any atom is 0.275 e. The number of nitro benzene ring substituents is 1. The maximum absolute atomic E-state index is 11.2. The number of hydrogen-bond acceptors (Lipinski definition) is 2. The van der Waals surface area contributed by atoms with Crippen LogP contribution in [0.1, 0.15) is 11.1 Å². The number of hydrogen-bond donors (Lipinski definition) is 0. The number of halogens is 1. The van der Waals surface area contributed by atoms with E-state index in [0.717, 1.165) is 10.9 Å². The Morgan fingerprint density at radius 1 is 1.19 bits per heavy atom. The Morgan fingerprint density at radius 3 is 2.76 bits per heavy atom. The predicted octanol–water partition coefficient (Wildman–Crippen LogP) is 4.67. The van der Waals surface area contributed by atoms with Crippen molar-refractivity contribution in [2.45, 2.75) is 13.5 Å². The Hall–Kier alpha value is -2.14. The number of nitro groups is 1. The minimum Gasteiger partial charge on any atom is -0.343 e. The van der Waals surface area contributed by atoms with Crippen molar-refractivity contribution in [1.82, 2.24) is 4.57 Å². The second kappa shape index (κ2) is 5.33. The number of aryl methyl sites for hydroxylation is 1. The average molecular weight is 345 g/mol. The summed E-state index contributed by atoms with van der Waals surface area (Å²) in [6.07, 6.45) is 1.97. The van der Waals surface area contributed by atoms with E-state index in [0.29, 0.717) is 16.6 Å². The van der Waals surface area contributed by atoms with Crippen LogP contribution in [0.2, 0.25) is 0 Å². The van der Waals surface area contributed by atoms with Crippen LogP contribution in [0, 0.1) is 17.0 Å². The molecule has 5 heteroatoms. The highest BCUT2D eigenvalue weighted by Crippen LogP contribution is 2.26. The summed E-state index contributed by atoms with van der Waals surface area (Å²) in [7, 11) is 0. The van der Waals surface area contributed by atoms with Crippen LogP contribution in [0.4, 0.5) is 5.69 Å². The number of nitrogens with zero attached hydrogens (tertiary/aromatic N) is 2. The van der Waals surface area contributed by atoms with Crippen LogP contribution in [0.5, 0.6) is 0 Å².